The van der Waals surface area contributed by atoms with Crippen LogP contribution in [0.2, 0.25) is 0 Å². The minimum absolute atomic E-state index is 0.187. The average Bonchev–Trinajstić information content (AvgIpc) is 2.45. The Morgan fingerprint density at radius 3 is 2.36 bits per heavy atom. The number of ether oxygens (including phenoxy) is 1. The predicted molar refractivity (Wildman–Crippen MR) is 98.7 cm³/mol. The molecule has 1 aliphatic heterocycles. The number of likely N-dealkylation sites (tertiary alicyclic amines) is 1. The van der Waals surface area contributed by atoms with Crippen LogP contribution in [0.1, 0.15) is 39.2 Å². The van der Waals surface area contributed by atoms with Crippen LogP contribution in [0.15, 0.2) is 30.3 Å². The number of carbonyl (C=O) groups excluding carboxylic acids is 1. The smallest absolute Gasteiger partial charge is 0.410 e. The Labute approximate surface area is 146 Å². The van der Waals surface area contributed by atoms with Crippen molar-refractivity contribution in [3.63, 3.8) is 0 Å². The summed E-state index contributed by atoms with van der Waals surface area (Å²) in [7, 11) is 0. The first-order valence-corrected chi connectivity index (χ1v) is 8.83. The normalized spacial score (nSPS) is 17.0. The fraction of sp³-hybridized carbons (Fsp3) is 0.500. The number of rotatable bonds is 2. The summed E-state index contributed by atoms with van der Waals surface area (Å²) in [5.74, 6) is 0.540. The van der Waals surface area contributed by atoms with Crippen LogP contribution < -0.4 is 0 Å². The van der Waals surface area contributed by atoms with Crippen LogP contribution in [0.5, 0.6) is 0 Å². The van der Waals surface area contributed by atoms with Gasteiger partial charge in [0.05, 0.1) is 0 Å². The van der Waals surface area contributed by atoms with E-state index in [1.807, 2.05) is 25.7 Å². The molecule has 22 heavy (non-hydrogen) atoms. The Hall–Kier alpha value is -1.04. The molecule has 1 saturated heterocycles. The van der Waals surface area contributed by atoms with Crippen LogP contribution in [0.3, 0.4) is 0 Å². The zero-order valence-electron chi connectivity index (χ0n) is 13.5. The topological polar surface area (TPSA) is 29.5 Å². The van der Waals surface area contributed by atoms with Gasteiger partial charge < -0.3 is 9.64 Å². The molecule has 120 valence electrons. The van der Waals surface area contributed by atoms with Crippen molar-refractivity contribution in [3.8, 4) is 0 Å². The van der Waals surface area contributed by atoms with Crippen molar-refractivity contribution in [2.45, 2.75) is 39.2 Å². The van der Waals surface area contributed by atoms with Gasteiger partial charge in [0.15, 0.2) is 0 Å². The second-order valence-corrected chi connectivity index (χ2v) is 7.96. The molecule has 0 aromatic heterocycles. The van der Waals surface area contributed by atoms with Gasteiger partial charge in [0, 0.05) is 16.7 Å². The number of carbonyl (C=O) groups is 1. The van der Waals surface area contributed by atoms with Crippen molar-refractivity contribution in [2.24, 2.45) is 5.92 Å². The van der Waals surface area contributed by atoms with Gasteiger partial charge in [-0.2, -0.15) is 0 Å². The summed E-state index contributed by atoms with van der Waals surface area (Å²) >= 11 is 2.31. The highest BCUT2D eigenvalue weighted by atomic mass is 127. The Bertz CT molecular complexity index is 523. The van der Waals surface area contributed by atoms with Gasteiger partial charge in [-0.1, -0.05) is 24.3 Å². The van der Waals surface area contributed by atoms with E-state index in [1.54, 1.807) is 0 Å². The molecule has 3 nitrogen and oxygen atoms in total. The molecule has 0 spiro atoms. The Morgan fingerprint density at radius 1 is 1.23 bits per heavy atom. The van der Waals surface area contributed by atoms with Gasteiger partial charge in [-0.3, -0.25) is 0 Å². The minimum Gasteiger partial charge on any atom is -0.444 e. The van der Waals surface area contributed by atoms with E-state index in [9.17, 15) is 4.79 Å². The maximum atomic E-state index is 12.0. The fourth-order valence-electron chi connectivity index (χ4n) is 2.42. The highest BCUT2D eigenvalue weighted by Crippen LogP contribution is 2.21. The Balaban J connectivity index is 1.82. The maximum Gasteiger partial charge on any atom is 0.410 e. The molecule has 0 bridgehead atoms. The number of piperidine rings is 1. The van der Waals surface area contributed by atoms with Crippen LogP contribution in [0.4, 0.5) is 4.79 Å². The van der Waals surface area contributed by atoms with E-state index in [1.165, 1.54) is 9.13 Å². The number of hydrogen-bond donors (Lipinski definition) is 0. The van der Waals surface area contributed by atoms with E-state index in [0.29, 0.717) is 5.92 Å². The number of hydrogen-bond acceptors (Lipinski definition) is 2. The number of benzene rings is 1. The van der Waals surface area contributed by atoms with Gasteiger partial charge in [0.1, 0.15) is 5.60 Å². The Kier molecular flexibility index (Phi) is 5.89. The van der Waals surface area contributed by atoms with Crippen molar-refractivity contribution in [3.05, 3.63) is 39.5 Å². The molecule has 0 radical (unpaired) electrons. The lowest BCUT2D eigenvalue weighted by Gasteiger charge is -2.32. The highest BCUT2D eigenvalue weighted by Gasteiger charge is 2.25. The number of halogens is 1. The summed E-state index contributed by atoms with van der Waals surface area (Å²) in [6.07, 6.45) is 6.27. The standard InChI is InChI=1S/C18H24INO2/c1-18(2,3)22-17(21)20-12-10-15(11-13-20)5-4-14-6-8-16(19)9-7-14/h4-9,15H,10-13H2,1-3H3. The molecular formula is C18H24INO2. The number of nitrogens with zero attached hydrogens (tertiary/aromatic N) is 1. The molecule has 0 unspecified atom stereocenters. The molecule has 1 aromatic carbocycles. The van der Waals surface area contributed by atoms with E-state index in [2.05, 4.69) is 59.0 Å². The zero-order chi connectivity index (χ0) is 16.2. The molecule has 0 saturated carbocycles. The van der Waals surface area contributed by atoms with E-state index < -0.39 is 5.60 Å². The summed E-state index contributed by atoms with van der Waals surface area (Å²) in [6.45, 7) is 7.26. The summed E-state index contributed by atoms with van der Waals surface area (Å²) < 4.78 is 6.67. The third-order valence-corrected chi connectivity index (χ3v) is 4.34. The molecule has 1 aromatic rings. The molecule has 1 aliphatic rings. The second kappa shape index (κ2) is 7.49. The van der Waals surface area contributed by atoms with E-state index in [0.717, 1.165) is 25.9 Å². The van der Waals surface area contributed by atoms with Crippen LogP contribution >= 0.6 is 22.6 Å². The number of amides is 1. The molecule has 0 N–H and O–H groups in total. The lowest BCUT2D eigenvalue weighted by Crippen LogP contribution is -2.41. The molecule has 4 heteroatoms. The van der Waals surface area contributed by atoms with Crippen LogP contribution in [-0.2, 0) is 4.74 Å². The second-order valence-electron chi connectivity index (χ2n) is 6.72. The van der Waals surface area contributed by atoms with E-state index in [4.69, 9.17) is 4.74 Å². The zero-order valence-corrected chi connectivity index (χ0v) is 15.7. The Morgan fingerprint density at radius 2 is 1.82 bits per heavy atom. The first-order chi connectivity index (χ1) is 10.3. The summed E-state index contributed by atoms with van der Waals surface area (Å²) in [6, 6.07) is 8.50. The van der Waals surface area contributed by atoms with Gasteiger partial charge in [-0.15, -0.1) is 0 Å². The van der Waals surface area contributed by atoms with Crippen molar-refractivity contribution in [1.29, 1.82) is 0 Å². The van der Waals surface area contributed by atoms with Crippen LogP contribution in [-0.4, -0.2) is 29.7 Å². The first-order valence-electron chi connectivity index (χ1n) is 7.75. The third-order valence-electron chi connectivity index (χ3n) is 3.62. The van der Waals surface area contributed by atoms with Crippen molar-refractivity contribution in [1.82, 2.24) is 4.90 Å². The third kappa shape index (κ3) is 5.63. The quantitative estimate of drug-likeness (QED) is 0.642. The largest absolute Gasteiger partial charge is 0.444 e. The molecule has 1 amide bonds. The molecular weight excluding hydrogens is 389 g/mol. The SMILES string of the molecule is CC(C)(C)OC(=O)N1CCC(C=Cc2ccc(I)cc2)CC1. The first kappa shape index (κ1) is 17.3. The lowest BCUT2D eigenvalue weighted by molar-refractivity contribution is 0.0197. The van der Waals surface area contributed by atoms with Crippen LogP contribution in [0.25, 0.3) is 6.08 Å². The molecule has 1 fully saturated rings. The maximum absolute atomic E-state index is 12.0. The average molecular weight is 413 g/mol. The van der Waals surface area contributed by atoms with Crippen molar-refractivity contribution in [2.75, 3.05) is 13.1 Å². The van der Waals surface area contributed by atoms with Gasteiger partial charge in [-0.25, -0.2) is 4.79 Å². The predicted octanol–water partition coefficient (Wildman–Crippen LogP) is 4.95. The lowest BCUT2D eigenvalue weighted by atomic mass is 9.96. The number of allylic oxidation sites excluding steroid dienone is 1. The molecule has 0 atom stereocenters. The van der Waals surface area contributed by atoms with Crippen molar-refractivity contribution < 1.29 is 9.53 Å². The molecule has 2 rings (SSSR count). The summed E-state index contributed by atoms with van der Waals surface area (Å²) in [5, 5.41) is 0. The van der Waals surface area contributed by atoms with Gasteiger partial charge in [0.2, 0.25) is 0 Å². The van der Waals surface area contributed by atoms with E-state index >= 15 is 0 Å². The summed E-state index contributed by atoms with van der Waals surface area (Å²) in [5.41, 5.74) is 0.813. The monoisotopic (exact) mass is 413 g/mol. The van der Waals surface area contributed by atoms with E-state index in [-0.39, 0.29) is 6.09 Å². The van der Waals surface area contributed by atoms with Gasteiger partial charge in [0.25, 0.3) is 0 Å². The minimum atomic E-state index is -0.418. The van der Waals surface area contributed by atoms with Gasteiger partial charge >= 0.3 is 6.09 Å². The molecule has 0 aliphatic carbocycles. The highest BCUT2D eigenvalue weighted by molar-refractivity contribution is 14.1. The molecule has 1 heterocycles. The van der Waals surface area contributed by atoms with Gasteiger partial charge in [-0.05, 0) is 79.8 Å². The van der Waals surface area contributed by atoms with Crippen molar-refractivity contribution >= 4 is 34.8 Å². The van der Waals surface area contributed by atoms with Crippen LogP contribution in [0, 0.1) is 9.49 Å². The summed E-state index contributed by atoms with van der Waals surface area (Å²) in [4.78, 5) is 13.8. The fourth-order valence-corrected chi connectivity index (χ4v) is 2.78.